The Morgan fingerprint density at radius 3 is 2.48 bits per heavy atom. The normalized spacial score (nSPS) is 17.9. The molecule has 174 valence electrons. The molecule has 2 fully saturated rings. The van der Waals surface area contributed by atoms with Crippen LogP contribution < -0.4 is 10.1 Å². The van der Waals surface area contributed by atoms with Gasteiger partial charge in [-0.2, -0.15) is 0 Å². The van der Waals surface area contributed by atoms with Crippen LogP contribution in [0.4, 0.5) is 0 Å². The van der Waals surface area contributed by atoms with Crippen LogP contribution in [0.25, 0.3) is 0 Å². The molecule has 1 aromatic carbocycles. The van der Waals surface area contributed by atoms with Gasteiger partial charge in [0, 0.05) is 59.3 Å². The van der Waals surface area contributed by atoms with E-state index >= 15 is 0 Å². The number of ether oxygens (including phenoxy) is 1. The zero-order chi connectivity index (χ0) is 21.2. The van der Waals surface area contributed by atoms with Crippen molar-refractivity contribution < 1.29 is 9.53 Å². The molecule has 0 bridgehead atoms. The molecule has 1 aliphatic carbocycles. The third-order valence-electron chi connectivity index (χ3n) is 6.11. The van der Waals surface area contributed by atoms with E-state index < -0.39 is 0 Å². The lowest BCUT2D eigenvalue weighted by Crippen LogP contribution is -2.52. The van der Waals surface area contributed by atoms with E-state index in [9.17, 15) is 4.79 Å². The predicted molar refractivity (Wildman–Crippen MR) is 136 cm³/mol. The van der Waals surface area contributed by atoms with Gasteiger partial charge in [0.25, 0.3) is 0 Å². The predicted octanol–water partition coefficient (Wildman–Crippen LogP) is 2.53. The van der Waals surface area contributed by atoms with Crippen LogP contribution >= 0.6 is 24.0 Å². The highest BCUT2D eigenvalue weighted by atomic mass is 127. The van der Waals surface area contributed by atoms with Crippen molar-refractivity contribution in [1.29, 1.82) is 0 Å². The number of halogens is 1. The van der Waals surface area contributed by atoms with Crippen molar-refractivity contribution in [1.82, 2.24) is 20.0 Å². The van der Waals surface area contributed by atoms with Gasteiger partial charge >= 0.3 is 0 Å². The second kappa shape index (κ2) is 13.8. The molecule has 1 amide bonds. The Labute approximate surface area is 204 Å². The van der Waals surface area contributed by atoms with Gasteiger partial charge < -0.3 is 19.9 Å². The molecule has 1 saturated carbocycles. The Hall–Kier alpha value is -1.55. The van der Waals surface area contributed by atoms with E-state index in [2.05, 4.69) is 25.0 Å². The van der Waals surface area contributed by atoms with Crippen LogP contribution in [0.1, 0.15) is 25.7 Å². The number of hydrogen-bond acceptors (Lipinski definition) is 4. The SMILES string of the molecule is CN=C(NCCN1CCN(C(=O)C2CCCC2)CC1)N(C)CCOc1ccccc1.I. The van der Waals surface area contributed by atoms with Gasteiger partial charge in [0.1, 0.15) is 12.4 Å². The summed E-state index contributed by atoms with van der Waals surface area (Å²) in [6, 6.07) is 9.87. The molecule has 1 heterocycles. The zero-order valence-electron chi connectivity index (χ0n) is 19.0. The highest BCUT2D eigenvalue weighted by molar-refractivity contribution is 14.0. The van der Waals surface area contributed by atoms with Crippen LogP contribution in [-0.4, -0.2) is 93.1 Å². The average molecular weight is 543 g/mol. The van der Waals surface area contributed by atoms with Gasteiger partial charge in [-0.25, -0.2) is 0 Å². The van der Waals surface area contributed by atoms with Crippen molar-refractivity contribution in [2.24, 2.45) is 10.9 Å². The summed E-state index contributed by atoms with van der Waals surface area (Å²) in [6.45, 7) is 6.81. The van der Waals surface area contributed by atoms with Gasteiger partial charge in [-0.15, -0.1) is 24.0 Å². The molecule has 0 spiro atoms. The number of carbonyl (C=O) groups excluding carboxylic acids is 1. The lowest BCUT2D eigenvalue weighted by atomic mass is 10.1. The Balaban J connectivity index is 0.00000341. The number of nitrogens with zero attached hydrogens (tertiary/aromatic N) is 4. The Morgan fingerprint density at radius 2 is 1.84 bits per heavy atom. The van der Waals surface area contributed by atoms with Crippen LogP contribution in [0.15, 0.2) is 35.3 Å². The Morgan fingerprint density at radius 1 is 1.16 bits per heavy atom. The highest BCUT2D eigenvalue weighted by Gasteiger charge is 2.29. The molecule has 1 saturated heterocycles. The molecule has 1 aliphatic heterocycles. The molecule has 0 atom stereocenters. The first kappa shape index (κ1) is 25.7. The summed E-state index contributed by atoms with van der Waals surface area (Å²) in [4.78, 5) is 23.5. The molecule has 0 aromatic heterocycles. The highest BCUT2D eigenvalue weighted by Crippen LogP contribution is 2.26. The molecule has 1 aromatic rings. The van der Waals surface area contributed by atoms with Crippen molar-refractivity contribution >= 4 is 35.8 Å². The van der Waals surface area contributed by atoms with Crippen molar-refractivity contribution in [3.63, 3.8) is 0 Å². The van der Waals surface area contributed by atoms with E-state index in [0.29, 0.717) is 18.4 Å². The van der Waals surface area contributed by atoms with E-state index in [-0.39, 0.29) is 24.0 Å². The third-order valence-corrected chi connectivity index (χ3v) is 6.11. The number of carbonyl (C=O) groups is 1. The summed E-state index contributed by atoms with van der Waals surface area (Å²) in [6.07, 6.45) is 4.62. The number of nitrogens with one attached hydrogen (secondary N) is 1. The fraction of sp³-hybridized carbons (Fsp3) is 0.652. The Bertz CT molecular complexity index is 674. The summed E-state index contributed by atoms with van der Waals surface area (Å²) in [7, 11) is 3.83. The summed E-state index contributed by atoms with van der Waals surface area (Å²) in [5, 5.41) is 3.44. The summed E-state index contributed by atoms with van der Waals surface area (Å²) in [5.74, 6) is 2.45. The number of hydrogen-bond donors (Lipinski definition) is 1. The molecule has 0 radical (unpaired) electrons. The van der Waals surface area contributed by atoms with Crippen LogP contribution in [0.5, 0.6) is 5.75 Å². The van der Waals surface area contributed by atoms with Gasteiger partial charge in [-0.05, 0) is 25.0 Å². The maximum atomic E-state index is 12.6. The van der Waals surface area contributed by atoms with E-state index in [1.165, 1.54) is 12.8 Å². The van der Waals surface area contributed by atoms with Crippen LogP contribution in [0.2, 0.25) is 0 Å². The number of guanidine groups is 1. The number of amides is 1. The number of likely N-dealkylation sites (N-methyl/N-ethyl adjacent to an activating group) is 1. The first-order valence-electron chi connectivity index (χ1n) is 11.3. The van der Waals surface area contributed by atoms with Crippen molar-refractivity contribution in [3.05, 3.63) is 30.3 Å². The van der Waals surface area contributed by atoms with E-state index in [0.717, 1.165) is 70.4 Å². The fourth-order valence-electron chi connectivity index (χ4n) is 4.26. The van der Waals surface area contributed by atoms with Crippen LogP contribution in [-0.2, 0) is 4.79 Å². The lowest BCUT2D eigenvalue weighted by Gasteiger charge is -2.36. The topological polar surface area (TPSA) is 60.4 Å². The summed E-state index contributed by atoms with van der Waals surface area (Å²) in [5.41, 5.74) is 0. The number of piperazine rings is 1. The maximum Gasteiger partial charge on any atom is 0.225 e. The van der Waals surface area contributed by atoms with Crippen molar-refractivity contribution in [2.75, 3.05) is 66.5 Å². The van der Waals surface area contributed by atoms with Gasteiger partial charge in [-0.3, -0.25) is 14.7 Å². The maximum absolute atomic E-state index is 12.6. The van der Waals surface area contributed by atoms with Gasteiger partial charge in [-0.1, -0.05) is 31.0 Å². The molecule has 7 nitrogen and oxygen atoms in total. The van der Waals surface area contributed by atoms with E-state index in [1.807, 2.05) is 44.4 Å². The monoisotopic (exact) mass is 543 g/mol. The number of para-hydroxylation sites is 1. The molecular weight excluding hydrogens is 505 g/mol. The molecular formula is C23H38IN5O2. The second-order valence-electron chi connectivity index (χ2n) is 8.21. The van der Waals surface area contributed by atoms with Gasteiger partial charge in [0.2, 0.25) is 5.91 Å². The summed E-state index contributed by atoms with van der Waals surface area (Å²) < 4.78 is 5.77. The smallest absolute Gasteiger partial charge is 0.225 e. The molecule has 3 rings (SSSR count). The van der Waals surface area contributed by atoms with Crippen LogP contribution in [0, 0.1) is 5.92 Å². The van der Waals surface area contributed by atoms with E-state index in [4.69, 9.17) is 4.74 Å². The first-order valence-corrected chi connectivity index (χ1v) is 11.3. The summed E-state index contributed by atoms with van der Waals surface area (Å²) >= 11 is 0. The minimum Gasteiger partial charge on any atom is -0.492 e. The van der Waals surface area contributed by atoms with Crippen molar-refractivity contribution in [2.45, 2.75) is 25.7 Å². The molecule has 31 heavy (non-hydrogen) atoms. The molecule has 0 unspecified atom stereocenters. The van der Waals surface area contributed by atoms with E-state index in [1.54, 1.807) is 0 Å². The minimum atomic E-state index is 0. The molecule has 8 heteroatoms. The van der Waals surface area contributed by atoms with Crippen molar-refractivity contribution in [3.8, 4) is 5.75 Å². The zero-order valence-corrected chi connectivity index (χ0v) is 21.3. The van der Waals surface area contributed by atoms with Crippen LogP contribution in [0.3, 0.4) is 0 Å². The number of aliphatic imine (C=N–C) groups is 1. The third kappa shape index (κ3) is 8.14. The quantitative estimate of drug-likeness (QED) is 0.310. The largest absolute Gasteiger partial charge is 0.492 e. The lowest BCUT2D eigenvalue weighted by molar-refractivity contribution is -0.137. The second-order valence-corrected chi connectivity index (χ2v) is 8.21. The fourth-order valence-corrected chi connectivity index (χ4v) is 4.26. The molecule has 2 aliphatic rings. The average Bonchev–Trinajstić information content (AvgIpc) is 3.32. The first-order chi connectivity index (χ1) is 14.7. The number of benzene rings is 1. The molecule has 1 N–H and O–H groups in total. The van der Waals surface area contributed by atoms with Gasteiger partial charge in [0.15, 0.2) is 5.96 Å². The standard InChI is InChI=1S/C23H37N5O2.HI/c1-24-23(26(2)18-19-30-21-10-4-3-5-11-21)25-12-13-27-14-16-28(17-15-27)22(29)20-8-6-7-9-20;/h3-5,10-11,20H,6-9,12-19H2,1-2H3,(H,24,25);1H. The minimum absolute atomic E-state index is 0. The Kier molecular flexibility index (Phi) is 11.4. The van der Waals surface area contributed by atoms with Gasteiger partial charge in [0.05, 0.1) is 6.54 Å². The number of rotatable bonds is 8.